The molecule has 0 radical (unpaired) electrons. The first-order valence-corrected chi connectivity index (χ1v) is 8.57. The number of allylic oxidation sites excluding steroid dienone is 4. The Balaban J connectivity index is 1.74. The van der Waals surface area contributed by atoms with Crippen LogP contribution in [0.25, 0.3) is 5.57 Å². The van der Waals surface area contributed by atoms with Gasteiger partial charge in [-0.1, -0.05) is 42.5 Å². The van der Waals surface area contributed by atoms with Gasteiger partial charge >= 0.3 is 5.97 Å². The summed E-state index contributed by atoms with van der Waals surface area (Å²) < 4.78 is 11.2. The molecule has 1 aromatic carbocycles. The lowest BCUT2D eigenvalue weighted by Gasteiger charge is -2.26. The van der Waals surface area contributed by atoms with E-state index >= 15 is 0 Å². The van der Waals surface area contributed by atoms with Crippen LogP contribution < -0.4 is 0 Å². The lowest BCUT2D eigenvalue weighted by atomic mass is 10.1. The fourth-order valence-electron chi connectivity index (χ4n) is 2.92. The molecule has 5 heteroatoms. The van der Waals surface area contributed by atoms with Crippen molar-refractivity contribution in [3.8, 4) is 0 Å². The van der Waals surface area contributed by atoms with E-state index in [4.69, 9.17) is 9.47 Å². The average Bonchev–Trinajstić information content (AvgIpc) is 2.86. The Morgan fingerprint density at radius 1 is 1.20 bits per heavy atom. The highest BCUT2D eigenvalue weighted by Crippen LogP contribution is 2.25. The van der Waals surface area contributed by atoms with Crippen LogP contribution in [0.2, 0.25) is 0 Å². The van der Waals surface area contributed by atoms with Gasteiger partial charge in [0, 0.05) is 26.1 Å². The van der Waals surface area contributed by atoms with Gasteiger partial charge in [0.05, 0.1) is 18.8 Å². The van der Waals surface area contributed by atoms with Gasteiger partial charge in [-0.15, -0.1) is 0 Å². The van der Waals surface area contributed by atoms with E-state index < -0.39 is 5.97 Å². The minimum atomic E-state index is -0.934. The van der Waals surface area contributed by atoms with Crippen molar-refractivity contribution in [3.63, 3.8) is 0 Å². The predicted octanol–water partition coefficient (Wildman–Crippen LogP) is 2.72. The Kier molecular flexibility index (Phi) is 6.04. The van der Waals surface area contributed by atoms with Crippen molar-refractivity contribution in [1.82, 2.24) is 4.90 Å². The molecular formula is C20H23NO4. The molecule has 0 atom stereocenters. The monoisotopic (exact) mass is 341 g/mol. The number of nitrogens with zero attached hydrogens (tertiary/aromatic N) is 1. The van der Waals surface area contributed by atoms with Gasteiger partial charge in [0.1, 0.15) is 12.4 Å². The highest BCUT2D eigenvalue weighted by atomic mass is 16.5. The topological polar surface area (TPSA) is 59.0 Å². The molecule has 2 aliphatic rings. The van der Waals surface area contributed by atoms with Gasteiger partial charge in [0.25, 0.3) is 0 Å². The van der Waals surface area contributed by atoms with E-state index in [9.17, 15) is 9.90 Å². The summed E-state index contributed by atoms with van der Waals surface area (Å²) in [4.78, 5) is 13.9. The van der Waals surface area contributed by atoms with Crippen LogP contribution in [-0.2, 0) is 14.3 Å². The quantitative estimate of drug-likeness (QED) is 0.862. The van der Waals surface area contributed by atoms with Crippen molar-refractivity contribution in [3.05, 3.63) is 65.5 Å². The van der Waals surface area contributed by atoms with Crippen molar-refractivity contribution >= 4 is 11.5 Å². The van der Waals surface area contributed by atoms with E-state index in [1.165, 1.54) is 0 Å². The third kappa shape index (κ3) is 4.81. The van der Waals surface area contributed by atoms with E-state index in [0.29, 0.717) is 24.4 Å². The molecule has 1 N–H and O–H groups in total. The Morgan fingerprint density at radius 3 is 2.68 bits per heavy atom. The van der Waals surface area contributed by atoms with Crippen LogP contribution in [0.15, 0.2) is 59.9 Å². The molecule has 0 bridgehead atoms. The summed E-state index contributed by atoms with van der Waals surface area (Å²) >= 11 is 0. The fourth-order valence-corrected chi connectivity index (χ4v) is 2.92. The maximum Gasteiger partial charge on any atom is 0.335 e. The molecule has 1 aromatic rings. The van der Waals surface area contributed by atoms with Gasteiger partial charge in [0.15, 0.2) is 0 Å². The number of aliphatic carboxylic acids is 1. The Bertz CT molecular complexity index is 685. The van der Waals surface area contributed by atoms with Crippen LogP contribution in [0, 0.1) is 0 Å². The summed E-state index contributed by atoms with van der Waals surface area (Å²) in [6.07, 6.45) is 6.02. The molecule has 132 valence electrons. The summed E-state index contributed by atoms with van der Waals surface area (Å²) in [5, 5.41) is 9.51. The van der Waals surface area contributed by atoms with Gasteiger partial charge in [-0.3, -0.25) is 4.90 Å². The first-order valence-electron chi connectivity index (χ1n) is 8.57. The molecule has 0 spiro atoms. The Labute approximate surface area is 147 Å². The summed E-state index contributed by atoms with van der Waals surface area (Å²) in [6, 6.07) is 9.91. The summed E-state index contributed by atoms with van der Waals surface area (Å²) in [7, 11) is 0. The molecule has 1 aliphatic carbocycles. The standard InChI is InChI=1S/C20H23NO4/c22-20(23)18-8-4-7-17(16-5-2-1-3-6-16)15-19(18)25-14-11-21-9-12-24-13-10-21/h1-7,15H,8-14H2,(H,22,23). The molecule has 3 rings (SSSR count). The summed E-state index contributed by atoms with van der Waals surface area (Å²) in [6.45, 7) is 4.49. The van der Waals surface area contributed by atoms with Crippen molar-refractivity contribution in [2.75, 3.05) is 39.5 Å². The van der Waals surface area contributed by atoms with Crippen LogP contribution in [0.3, 0.4) is 0 Å². The largest absolute Gasteiger partial charge is 0.492 e. The normalized spacial score (nSPS) is 18.6. The van der Waals surface area contributed by atoms with Crippen LogP contribution in [0.1, 0.15) is 12.0 Å². The smallest absolute Gasteiger partial charge is 0.335 e. The molecule has 1 heterocycles. The lowest BCUT2D eigenvalue weighted by molar-refractivity contribution is -0.133. The molecule has 5 nitrogen and oxygen atoms in total. The maximum absolute atomic E-state index is 11.6. The van der Waals surface area contributed by atoms with Gasteiger partial charge in [0.2, 0.25) is 0 Å². The van der Waals surface area contributed by atoms with Crippen LogP contribution >= 0.6 is 0 Å². The van der Waals surface area contributed by atoms with E-state index in [1.54, 1.807) is 0 Å². The number of hydrogen-bond acceptors (Lipinski definition) is 4. The molecule has 1 fully saturated rings. The second-order valence-corrected chi connectivity index (χ2v) is 6.02. The van der Waals surface area contributed by atoms with E-state index in [1.807, 2.05) is 48.6 Å². The molecular weight excluding hydrogens is 318 g/mol. The lowest BCUT2D eigenvalue weighted by Crippen LogP contribution is -2.38. The summed E-state index contributed by atoms with van der Waals surface area (Å²) in [5.41, 5.74) is 2.29. The third-order valence-electron chi connectivity index (χ3n) is 4.34. The van der Waals surface area contributed by atoms with Gasteiger partial charge in [-0.2, -0.15) is 0 Å². The zero-order valence-electron chi connectivity index (χ0n) is 14.2. The highest BCUT2D eigenvalue weighted by Gasteiger charge is 2.17. The van der Waals surface area contributed by atoms with Gasteiger partial charge in [-0.05, 0) is 17.2 Å². The Hall–Kier alpha value is -2.37. The minimum Gasteiger partial charge on any atom is -0.492 e. The van der Waals surface area contributed by atoms with Gasteiger partial charge in [-0.25, -0.2) is 4.79 Å². The fraction of sp³-hybridized carbons (Fsp3) is 0.350. The van der Waals surface area contributed by atoms with E-state index in [-0.39, 0.29) is 0 Å². The van der Waals surface area contributed by atoms with Crippen molar-refractivity contribution in [2.45, 2.75) is 6.42 Å². The zero-order chi connectivity index (χ0) is 17.5. The number of carbonyl (C=O) groups is 1. The van der Waals surface area contributed by atoms with Gasteiger partial charge < -0.3 is 14.6 Å². The zero-order valence-corrected chi connectivity index (χ0v) is 14.2. The SMILES string of the molecule is O=C(O)C1=C(OCCN2CCOCC2)C=C(c2ccccc2)C=CC1. The van der Waals surface area contributed by atoms with E-state index in [2.05, 4.69) is 4.90 Å². The first kappa shape index (κ1) is 17.5. The number of carboxylic acid groups (broad SMARTS) is 1. The second-order valence-electron chi connectivity index (χ2n) is 6.02. The molecule has 1 aliphatic heterocycles. The number of hydrogen-bond donors (Lipinski definition) is 1. The second kappa shape index (κ2) is 8.65. The highest BCUT2D eigenvalue weighted by molar-refractivity contribution is 5.90. The van der Waals surface area contributed by atoms with Crippen molar-refractivity contribution < 1.29 is 19.4 Å². The van der Waals surface area contributed by atoms with Crippen molar-refractivity contribution in [1.29, 1.82) is 0 Å². The molecule has 1 saturated heterocycles. The summed E-state index contributed by atoms with van der Waals surface area (Å²) in [5.74, 6) is -0.485. The number of benzene rings is 1. The molecule has 25 heavy (non-hydrogen) atoms. The van der Waals surface area contributed by atoms with Crippen LogP contribution in [0.4, 0.5) is 0 Å². The molecule has 0 saturated carbocycles. The minimum absolute atomic E-state index is 0.296. The number of ether oxygens (including phenoxy) is 2. The number of morpholine rings is 1. The number of carboxylic acids is 1. The Morgan fingerprint density at radius 2 is 1.96 bits per heavy atom. The van der Waals surface area contributed by atoms with Crippen molar-refractivity contribution in [2.24, 2.45) is 0 Å². The predicted molar refractivity (Wildman–Crippen MR) is 96.0 cm³/mol. The average molecular weight is 341 g/mol. The van der Waals surface area contributed by atoms with Crippen LogP contribution in [0.5, 0.6) is 0 Å². The molecule has 0 unspecified atom stereocenters. The molecule has 0 amide bonds. The third-order valence-corrected chi connectivity index (χ3v) is 4.34. The molecule has 0 aromatic heterocycles. The van der Waals surface area contributed by atoms with Crippen LogP contribution in [-0.4, -0.2) is 55.4 Å². The number of rotatable bonds is 6. The van der Waals surface area contributed by atoms with E-state index in [0.717, 1.165) is 44.0 Å². The first-order chi connectivity index (χ1) is 12.2. The maximum atomic E-state index is 11.6.